The Kier molecular flexibility index (Phi) is 6.59. The number of benzene rings is 1. The zero-order chi connectivity index (χ0) is 20.9. The Morgan fingerprint density at radius 1 is 1.21 bits per heavy atom. The number of esters is 1. The topological polar surface area (TPSA) is 79.2 Å². The molecule has 0 unspecified atom stereocenters. The molecule has 0 saturated heterocycles. The van der Waals surface area contributed by atoms with E-state index in [4.69, 9.17) is 4.74 Å². The van der Waals surface area contributed by atoms with Crippen LogP contribution in [0.25, 0.3) is 6.08 Å². The third kappa shape index (κ3) is 5.44. The summed E-state index contributed by atoms with van der Waals surface area (Å²) in [7, 11) is 0. The molecule has 0 aliphatic carbocycles. The Labute approximate surface area is 163 Å². The first-order valence-electron chi connectivity index (χ1n) is 8.00. The lowest BCUT2D eigenvalue weighted by Crippen LogP contribution is -2.17. The number of anilines is 1. The minimum Gasteiger partial charge on any atom is -0.459 e. The molecule has 0 spiro atoms. The lowest BCUT2D eigenvalue weighted by atomic mass is 10.1. The van der Waals surface area contributed by atoms with Gasteiger partial charge in [0.2, 0.25) is 0 Å². The highest BCUT2D eigenvalue weighted by atomic mass is 32.1. The van der Waals surface area contributed by atoms with E-state index in [9.17, 15) is 28.0 Å². The van der Waals surface area contributed by atoms with Gasteiger partial charge < -0.3 is 10.1 Å². The van der Waals surface area contributed by atoms with Crippen LogP contribution in [0.1, 0.15) is 35.3 Å². The van der Waals surface area contributed by atoms with E-state index in [1.807, 2.05) is 0 Å². The molecule has 0 fully saturated rings. The van der Waals surface area contributed by atoms with E-state index in [0.717, 1.165) is 41.7 Å². The molecule has 9 heteroatoms. The number of hydrogen-bond donors (Lipinski definition) is 1. The van der Waals surface area contributed by atoms with Gasteiger partial charge in [-0.3, -0.25) is 4.79 Å². The van der Waals surface area contributed by atoms with Crippen LogP contribution in [0.4, 0.5) is 18.2 Å². The number of carbonyl (C=O) groups excluding carboxylic acids is 2. The summed E-state index contributed by atoms with van der Waals surface area (Å²) in [6.07, 6.45) is -3.65. The van der Waals surface area contributed by atoms with Crippen molar-refractivity contribution < 1.29 is 27.5 Å². The van der Waals surface area contributed by atoms with Gasteiger partial charge in [0.15, 0.2) is 0 Å². The lowest BCUT2D eigenvalue weighted by molar-refractivity contribution is -0.137. The highest BCUT2D eigenvalue weighted by Crippen LogP contribution is 2.29. The zero-order valence-corrected chi connectivity index (χ0v) is 15.6. The molecule has 0 atom stereocenters. The molecule has 1 N–H and O–H groups in total. The normalized spacial score (nSPS) is 11.8. The molecule has 0 aliphatic rings. The first-order valence-corrected chi connectivity index (χ1v) is 8.88. The van der Waals surface area contributed by atoms with Crippen molar-refractivity contribution in [2.75, 3.05) is 5.32 Å². The van der Waals surface area contributed by atoms with Crippen molar-refractivity contribution in [1.29, 1.82) is 5.26 Å². The van der Waals surface area contributed by atoms with Gasteiger partial charge in [-0.15, -0.1) is 11.3 Å². The van der Waals surface area contributed by atoms with Crippen LogP contribution < -0.4 is 5.32 Å². The van der Waals surface area contributed by atoms with Crippen LogP contribution in [0, 0.1) is 11.3 Å². The summed E-state index contributed by atoms with van der Waals surface area (Å²) in [4.78, 5) is 24.4. The number of amides is 1. The summed E-state index contributed by atoms with van der Waals surface area (Å²) in [6.45, 7) is 3.37. The average molecular weight is 408 g/mol. The van der Waals surface area contributed by atoms with E-state index in [1.165, 1.54) is 6.07 Å². The van der Waals surface area contributed by atoms with Gasteiger partial charge in [0.25, 0.3) is 5.91 Å². The van der Waals surface area contributed by atoms with Gasteiger partial charge in [-0.2, -0.15) is 18.4 Å². The Morgan fingerprint density at radius 2 is 1.86 bits per heavy atom. The minimum absolute atomic E-state index is 0.152. The molecule has 1 amide bonds. The number of carbonyl (C=O) groups is 2. The molecule has 5 nitrogen and oxygen atoms in total. The van der Waals surface area contributed by atoms with Crippen molar-refractivity contribution in [3.05, 3.63) is 58.0 Å². The molecule has 0 aliphatic heterocycles. The summed E-state index contributed by atoms with van der Waals surface area (Å²) in [5.41, 5.74) is -0.750. The van der Waals surface area contributed by atoms with E-state index < -0.39 is 23.6 Å². The van der Waals surface area contributed by atoms with Crippen LogP contribution in [-0.4, -0.2) is 18.0 Å². The molecule has 0 saturated carbocycles. The summed E-state index contributed by atoms with van der Waals surface area (Å²) in [5.74, 6) is -1.40. The van der Waals surface area contributed by atoms with E-state index in [1.54, 1.807) is 25.3 Å². The minimum atomic E-state index is -4.47. The summed E-state index contributed by atoms with van der Waals surface area (Å²) < 4.78 is 42.9. The maximum Gasteiger partial charge on any atom is 0.416 e. The van der Waals surface area contributed by atoms with Gasteiger partial charge >= 0.3 is 12.1 Å². The van der Waals surface area contributed by atoms with Crippen molar-refractivity contribution in [2.45, 2.75) is 26.1 Å². The monoisotopic (exact) mass is 408 g/mol. The second-order valence-corrected chi connectivity index (χ2v) is 6.78. The molecule has 28 heavy (non-hydrogen) atoms. The molecule has 2 rings (SSSR count). The van der Waals surface area contributed by atoms with E-state index in [-0.39, 0.29) is 27.8 Å². The fourth-order valence-corrected chi connectivity index (χ4v) is 2.87. The molecule has 1 aromatic carbocycles. The van der Waals surface area contributed by atoms with Crippen molar-refractivity contribution in [3.63, 3.8) is 0 Å². The Balaban J connectivity index is 2.19. The van der Waals surface area contributed by atoms with Gasteiger partial charge in [-0.05, 0) is 49.1 Å². The first-order chi connectivity index (χ1) is 13.1. The number of nitrogens with one attached hydrogen (secondary N) is 1. The molecular formula is C19H15F3N2O3S. The van der Waals surface area contributed by atoms with Gasteiger partial charge in [0.1, 0.15) is 16.6 Å². The highest BCUT2D eigenvalue weighted by molar-refractivity contribution is 7.14. The van der Waals surface area contributed by atoms with Crippen LogP contribution in [-0.2, 0) is 15.7 Å². The van der Waals surface area contributed by atoms with Crippen LogP contribution in [0.2, 0.25) is 0 Å². The summed E-state index contributed by atoms with van der Waals surface area (Å²) in [6, 6.07) is 7.22. The number of halogens is 3. The number of hydrogen-bond acceptors (Lipinski definition) is 5. The Bertz CT molecular complexity index is 939. The molecule has 0 bridgehead atoms. The number of nitriles is 1. The molecule has 2 aromatic rings. The van der Waals surface area contributed by atoms with Crippen molar-refractivity contribution in [1.82, 2.24) is 0 Å². The second-order valence-electron chi connectivity index (χ2n) is 5.86. The maximum absolute atomic E-state index is 12.6. The molecule has 1 heterocycles. The largest absolute Gasteiger partial charge is 0.459 e. The summed E-state index contributed by atoms with van der Waals surface area (Å²) in [5, 5.41) is 13.5. The number of thiophene rings is 1. The number of alkyl halides is 3. The van der Waals surface area contributed by atoms with Crippen molar-refractivity contribution >= 4 is 34.3 Å². The second kappa shape index (κ2) is 8.71. The van der Waals surface area contributed by atoms with Crippen LogP contribution >= 0.6 is 11.3 Å². The third-order valence-electron chi connectivity index (χ3n) is 3.37. The standard InChI is InChI=1S/C19H15F3N2O3S/c1-11(2)27-18(26)15-7-8-28-17(15)24-16(25)13(10-23)9-12-3-5-14(6-4-12)19(20,21)22/h3-9,11H,1-2H3,(H,24,25). The van der Waals surface area contributed by atoms with E-state index in [0.29, 0.717) is 0 Å². The van der Waals surface area contributed by atoms with E-state index >= 15 is 0 Å². The van der Waals surface area contributed by atoms with Crippen LogP contribution in [0.3, 0.4) is 0 Å². The summed E-state index contributed by atoms with van der Waals surface area (Å²) >= 11 is 1.08. The number of ether oxygens (including phenoxy) is 1. The predicted octanol–water partition coefficient (Wildman–Crippen LogP) is 4.88. The van der Waals surface area contributed by atoms with Gasteiger partial charge in [0.05, 0.1) is 17.2 Å². The molecule has 0 radical (unpaired) electrons. The Morgan fingerprint density at radius 3 is 2.39 bits per heavy atom. The molecular weight excluding hydrogens is 393 g/mol. The number of nitrogens with zero attached hydrogens (tertiary/aromatic N) is 1. The molecule has 146 valence electrons. The molecule has 1 aromatic heterocycles. The SMILES string of the molecule is CC(C)OC(=O)c1ccsc1NC(=O)C(C#N)=Cc1ccc(C(F)(F)F)cc1. The fraction of sp³-hybridized carbons (Fsp3) is 0.211. The van der Waals surface area contributed by atoms with Crippen molar-refractivity contribution in [2.24, 2.45) is 0 Å². The van der Waals surface area contributed by atoms with Gasteiger partial charge in [-0.1, -0.05) is 12.1 Å². The average Bonchev–Trinajstić information content (AvgIpc) is 3.06. The first kappa shape index (κ1) is 21.2. The van der Waals surface area contributed by atoms with E-state index in [2.05, 4.69) is 5.32 Å². The number of rotatable bonds is 5. The highest BCUT2D eigenvalue weighted by Gasteiger charge is 2.29. The predicted molar refractivity (Wildman–Crippen MR) is 98.5 cm³/mol. The maximum atomic E-state index is 12.6. The van der Waals surface area contributed by atoms with Gasteiger partial charge in [0, 0.05) is 0 Å². The zero-order valence-electron chi connectivity index (χ0n) is 14.8. The third-order valence-corrected chi connectivity index (χ3v) is 4.20. The fourth-order valence-electron chi connectivity index (χ4n) is 2.10. The van der Waals surface area contributed by atoms with Crippen LogP contribution in [0.5, 0.6) is 0 Å². The lowest BCUT2D eigenvalue weighted by Gasteiger charge is -2.09. The van der Waals surface area contributed by atoms with Crippen LogP contribution in [0.15, 0.2) is 41.3 Å². The van der Waals surface area contributed by atoms with Crippen molar-refractivity contribution in [3.8, 4) is 6.07 Å². The smallest absolute Gasteiger partial charge is 0.416 e. The quantitative estimate of drug-likeness (QED) is 0.435. The van der Waals surface area contributed by atoms with Gasteiger partial charge in [-0.25, -0.2) is 4.79 Å². The Hall–Kier alpha value is -3.12.